The number of hydrogen-bond donors (Lipinski definition) is 1. The molecule has 0 aliphatic carbocycles. The predicted molar refractivity (Wildman–Crippen MR) is 137 cm³/mol. The average Bonchev–Trinajstić information content (AvgIpc) is 3.39. The molecule has 2 atom stereocenters. The van der Waals surface area contributed by atoms with Crippen molar-refractivity contribution < 1.29 is 8.42 Å². The van der Waals surface area contributed by atoms with Crippen molar-refractivity contribution in [3.63, 3.8) is 0 Å². The zero-order valence-electron chi connectivity index (χ0n) is 18.3. The van der Waals surface area contributed by atoms with Crippen LogP contribution >= 0.6 is 15.9 Å². The maximum absolute atomic E-state index is 13.4. The van der Waals surface area contributed by atoms with Gasteiger partial charge in [0.25, 0.3) is 0 Å². The average molecular weight is 521 g/mol. The summed E-state index contributed by atoms with van der Waals surface area (Å²) in [7, 11) is -3.60. The molecule has 5 rings (SSSR count). The molecule has 4 nitrogen and oxygen atoms in total. The molecule has 6 heteroatoms. The van der Waals surface area contributed by atoms with Crippen LogP contribution in [0.15, 0.2) is 101 Å². The first-order chi connectivity index (χ1) is 15.8. The summed E-state index contributed by atoms with van der Waals surface area (Å²) in [5, 5.41) is 1.13. The first-order valence-electron chi connectivity index (χ1n) is 10.9. The van der Waals surface area contributed by atoms with Crippen LogP contribution in [0.3, 0.4) is 0 Å². The summed E-state index contributed by atoms with van der Waals surface area (Å²) >= 11 is 3.60. The molecule has 2 heterocycles. The summed E-state index contributed by atoms with van der Waals surface area (Å²) in [4.78, 5) is 3.72. The highest BCUT2D eigenvalue weighted by atomic mass is 79.9. The lowest BCUT2D eigenvalue weighted by molar-refractivity contribution is 0.444. The highest BCUT2D eigenvalue weighted by Gasteiger charge is 2.40. The minimum absolute atomic E-state index is 0.0139. The maximum atomic E-state index is 13.4. The summed E-state index contributed by atoms with van der Waals surface area (Å²) in [5.74, 6) is -0.0504. The second-order valence-electron chi connectivity index (χ2n) is 8.70. The molecule has 0 amide bonds. The highest BCUT2D eigenvalue weighted by molar-refractivity contribution is 9.10. The number of sulfonamides is 1. The number of H-pyrrole nitrogens is 1. The molecule has 168 valence electrons. The first-order valence-corrected chi connectivity index (χ1v) is 13.1. The molecule has 1 aliphatic heterocycles. The summed E-state index contributed by atoms with van der Waals surface area (Å²) in [5.41, 5.74) is 5.33. The molecule has 33 heavy (non-hydrogen) atoms. The van der Waals surface area contributed by atoms with Crippen LogP contribution in [0, 0.1) is 12.8 Å². The predicted octanol–water partition coefficient (Wildman–Crippen LogP) is 6.25. The van der Waals surface area contributed by atoms with E-state index in [-0.39, 0.29) is 11.8 Å². The number of benzene rings is 3. The van der Waals surface area contributed by atoms with Gasteiger partial charge in [0, 0.05) is 46.5 Å². The largest absolute Gasteiger partial charge is 0.361 e. The third kappa shape index (κ3) is 4.07. The number of fused-ring (bicyclic) bond motifs is 1. The van der Waals surface area contributed by atoms with Crippen molar-refractivity contribution in [2.24, 2.45) is 5.92 Å². The van der Waals surface area contributed by atoms with Gasteiger partial charge in [-0.2, -0.15) is 4.31 Å². The van der Waals surface area contributed by atoms with Gasteiger partial charge in [-0.3, -0.25) is 0 Å². The van der Waals surface area contributed by atoms with Gasteiger partial charge in [0.1, 0.15) is 0 Å². The fraction of sp³-hybridized carbons (Fsp3) is 0.185. The lowest BCUT2D eigenvalue weighted by atomic mass is 9.78. The van der Waals surface area contributed by atoms with E-state index in [0.717, 1.165) is 37.6 Å². The van der Waals surface area contributed by atoms with Crippen LogP contribution in [-0.4, -0.2) is 30.8 Å². The Labute approximate surface area is 203 Å². The standard InChI is InChI=1S/C27H25BrN2O2S/c1-18-8-11-22(12-9-18)33(31,32)30-16-19(2)25(17-30)27(20-6-4-3-5-7-20)24-15-29-26-13-10-21(28)14-23(24)26/h3-15,25,27,29H,2,16-17H2,1H3/t25-,27+/m0/s1. The molecule has 4 aromatic rings. The van der Waals surface area contributed by atoms with Gasteiger partial charge < -0.3 is 4.98 Å². The molecule has 0 spiro atoms. The van der Waals surface area contributed by atoms with Crippen molar-refractivity contribution in [1.29, 1.82) is 0 Å². The summed E-state index contributed by atoms with van der Waals surface area (Å²) in [6, 6.07) is 23.6. The number of hydrogen-bond acceptors (Lipinski definition) is 2. The maximum Gasteiger partial charge on any atom is 0.243 e. The monoisotopic (exact) mass is 520 g/mol. The molecule has 1 fully saturated rings. The summed E-state index contributed by atoms with van der Waals surface area (Å²) < 4.78 is 29.4. The fourth-order valence-corrected chi connectivity index (χ4v) is 6.63. The fourth-order valence-electron chi connectivity index (χ4n) is 4.80. The molecule has 1 saturated heterocycles. The molecular weight excluding hydrogens is 496 g/mol. The lowest BCUT2D eigenvalue weighted by Gasteiger charge is -2.25. The number of halogens is 1. The van der Waals surface area contributed by atoms with E-state index in [1.165, 1.54) is 0 Å². The van der Waals surface area contributed by atoms with Crippen molar-refractivity contribution in [3.05, 3.63) is 112 Å². The Bertz CT molecular complexity index is 1430. The molecule has 3 aromatic carbocycles. The molecule has 0 radical (unpaired) electrons. The zero-order valence-corrected chi connectivity index (χ0v) is 20.7. The molecule has 1 aromatic heterocycles. The second kappa shape index (κ2) is 8.60. The minimum Gasteiger partial charge on any atom is -0.361 e. The van der Waals surface area contributed by atoms with Crippen LogP contribution in [0.1, 0.15) is 22.6 Å². The van der Waals surface area contributed by atoms with Gasteiger partial charge in [0.05, 0.1) is 4.90 Å². The Morgan fingerprint density at radius 2 is 1.79 bits per heavy atom. The Hall–Kier alpha value is -2.67. The van der Waals surface area contributed by atoms with E-state index < -0.39 is 10.0 Å². The van der Waals surface area contributed by atoms with E-state index >= 15 is 0 Å². The van der Waals surface area contributed by atoms with Gasteiger partial charge in [-0.05, 0) is 48.4 Å². The molecular formula is C27H25BrN2O2S. The molecule has 0 bridgehead atoms. The van der Waals surface area contributed by atoms with E-state index in [1.807, 2.05) is 43.3 Å². The summed E-state index contributed by atoms with van der Waals surface area (Å²) in [6.45, 7) is 7.02. The van der Waals surface area contributed by atoms with E-state index in [1.54, 1.807) is 16.4 Å². The van der Waals surface area contributed by atoms with Crippen LogP contribution < -0.4 is 0 Å². The van der Waals surface area contributed by atoms with Crippen molar-refractivity contribution >= 4 is 36.9 Å². The zero-order chi connectivity index (χ0) is 23.2. The lowest BCUT2D eigenvalue weighted by Crippen LogP contribution is -2.30. The van der Waals surface area contributed by atoms with Gasteiger partial charge in [0.15, 0.2) is 0 Å². The Balaban J connectivity index is 1.57. The van der Waals surface area contributed by atoms with Crippen LogP contribution in [0.2, 0.25) is 0 Å². The van der Waals surface area contributed by atoms with E-state index in [0.29, 0.717) is 18.0 Å². The third-order valence-corrected chi connectivity index (χ3v) is 8.85. The molecule has 0 unspecified atom stereocenters. The smallest absolute Gasteiger partial charge is 0.243 e. The SMILES string of the molecule is C=C1CN(S(=O)(=O)c2ccc(C)cc2)C[C@@H]1[C@H](c1ccccc1)c1c[nH]c2ccc(Br)cc12. The number of nitrogens with one attached hydrogen (secondary N) is 1. The number of aromatic nitrogens is 1. The normalized spacial score (nSPS) is 18.1. The van der Waals surface area contributed by atoms with Crippen molar-refractivity contribution in [2.45, 2.75) is 17.7 Å². The Morgan fingerprint density at radius 1 is 1.06 bits per heavy atom. The number of aryl methyl sites for hydroxylation is 1. The molecule has 1 aliphatic rings. The molecule has 1 N–H and O–H groups in total. The van der Waals surface area contributed by atoms with Crippen molar-refractivity contribution in [3.8, 4) is 0 Å². The van der Waals surface area contributed by atoms with Crippen LogP contribution in [0.5, 0.6) is 0 Å². The second-order valence-corrected chi connectivity index (χ2v) is 11.6. The van der Waals surface area contributed by atoms with Gasteiger partial charge in [-0.25, -0.2) is 8.42 Å². The van der Waals surface area contributed by atoms with Gasteiger partial charge in [-0.15, -0.1) is 0 Å². The summed E-state index contributed by atoms with van der Waals surface area (Å²) in [6.07, 6.45) is 2.05. The highest BCUT2D eigenvalue weighted by Crippen LogP contribution is 2.43. The number of nitrogens with zero attached hydrogens (tertiary/aromatic N) is 1. The quantitative estimate of drug-likeness (QED) is 0.316. The van der Waals surface area contributed by atoms with Gasteiger partial charge in [0.2, 0.25) is 10.0 Å². The van der Waals surface area contributed by atoms with Gasteiger partial charge in [-0.1, -0.05) is 76.1 Å². The molecule has 0 saturated carbocycles. The Kier molecular flexibility index (Phi) is 5.77. The van der Waals surface area contributed by atoms with E-state index in [2.05, 4.69) is 58.0 Å². The van der Waals surface area contributed by atoms with Crippen molar-refractivity contribution in [2.75, 3.05) is 13.1 Å². The van der Waals surface area contributed by atoms with Crippen LogP contribution in [0.25, 0.3) is 10.9 Å². The third-order valence-electron chi connectivity index (χ3n) is 6.53. The Morgan fingerprint density at radius 3 is 2.52 bits per heavy atom. The number of aromatic amines is 1. The van der Waals surface area contributed by atoms with E-state index in [9.17, 15) is 8.42 Å². The van der Waals surface area contributed by atoms with Crippen LogP contribution in [-0.2, 0) is 10.0 Å². The van der Waals surface area contributed by atoms with E-state index in [4.69, 9.17) is 0 Å². The minimum atomic E-state index is -3.60. The van der Waals surface area contributed by atoms with Crippen molar-refractivity contribution in [1.82, 2.24) is 9.29 Å². The topological polar surface area (TPSA) is 53.2 Å². The first kappa shape index (κ1) is 22.1. The number of rotatable bonds is 5. The van der Waals surface area contributed by atoms with Crippen LogP contribution in [0.4, 0.5) is 0 Å². The van der Waals surface area contributed by atoms with Gasteiger partial charge >= 0.3 is 0 Å².